The summed E-state index contributed by atoms with van der Waals surface area (Å²) in [5, 5.41) is 8.52. The molecule has 1 heterocycles. The zero-order valence-electron chi connectivity index (χ0n) is 12.2. The minimum atomic E-state index is 0.0949. The van der Waals surface area contributed by atoms with Gasteiger partial charge in [-0.2, -0.15) is 0 Å². The second-order valence-electron chi connectivity index (χ2n) is 4.55. The summed E-state index contributed by atoms with van der Waals surface area (Å²) in [5.41, 5.74) is 0.702. The summed E-state index contributed by atoms with van der Waals surface area (Å²) in [4.78, 5) is 13.7. The van der Waals surface area contributed by atoms with Gasteiger partial charge in [-0.25, -0.2) is 0 Å². The van der Waals surface area contributed by atoms with E-state index in [0.717, 1.165) is 0 Å². The van der Waals surface area contributed by atoms with Gasteiger partial charge in [0.25, 0.3) is 0 Å². The summed E-state index contributed by atoms with van der Waals surface area (Å²) in [6.07, 6.45) is 0.804. The van der Waals surface area contributed by atoms with E-state index in [4.69, 9.17) is 16.0 Å². The highest BCUT2D eigenvalue weighted by Crippen LogP contribution is 2.26. The van der Waals surface area contributed by atoms with Gasteiger partial charge in [0.1, 0.15) is 0 Å². The first kappa shape index (κ1) is 15.5. The van der Waals surface area contributed by atoms with Crippen LogP contribution in [-0.4, -0.2) is 34.1 Å². The zero-order valence-corrected chi connectivity index (χ0v) is 12.9. The highest BCUT2D eigenvalue weighted by atomic mass is 35.5. The Morgan fingerprint density at radius 3 is 2.62 bits per heavy atom. The van der Waals surface area contributed by atoms with E-state index < -0.39 is 0 Å². The van der Waals surface area contributed by atoms with Gasteiger partial charge in [0.05, 0.1) is 10.6 Å². The number of aromatic nitrogens is 2. The molecule has 2 aromatic rings. The Labute approximate surface area is 128 Å². The molecule has 1 amide bonds. The summed E-state index contributed by atoms with van der Waals surface area (Å²) in [5.74, 6) is 0.925. The number of hydrogen-bond donors (Lipinski definition) is 0. The van der Waals surface area contributed by atoms with Crippen LogP contribution in [0.3, 0.4) is 0 Å². The van der Waals surface area contributed by atoms with Crippen LogP contribution in [0.25, 0.3) is 11.5 Å². The maximum absolute atomic E-state index is 11.9. The van der Waals surface area contributed by atoms with Gasteiger partial charge in [0.15, 0.2) is 0 Å². The second kappa shape index (κ2) is 7.22. The summed E-state index contributed by atoms with van der Waals surface area (Å²) in [7, 11) is 0. The number of rotatable bonds is 6. The monoisotopic (exact) mass is 307 g/mol. The first-order chi connectivity index (χ1) is 10.2. The smallest absolute Gasteiger partial charge is 0.249 e. The average Bonchev–Trinajstić information content (AvgIpc) is 2.95. The molecular formula is C15H18ClN3O2. The first-order valence-electron chi connectivity index (χ1n) is 7.00. The molecule has 0 spiro atoms. The maximum Gasteiger partial charge on any atom is 0.249 e. The fourth-order valence-corrected chi connectivity index (χ4v) is 2.26. The highest BCUT2D eigenvalue weighted by molar-refractivity contribution is 6.33. The normalized spacial score (nSPS) is 10.6. The molecule has 2 rings (SSSR count). The Hall–Kier alpha value is -1.88. The molecule has 0 atom stereocenters. The molecule has 0 aliphatic rings. The van der Waals surface area contributed by atoms with Crippen molar-refractivity contribution in [2.75, 3.05) is 13.1 Å². The molecule has 0 bridgehead atoms. The molecule has 0 fully saturated rings. The van der Waals surface area contributed by atoms with E-state index in [1.54, 1.807) is 11.0 Å². The van der Waals surface area contributed by atoms with Crippen molar-refractivity contribution in [3.05, 3.63) is 35.2 Å². The lowest BCUT2D eigenvalue weighted by atomic mass is 10.2. The van der Waals surface area contributed by atoms with Crippen molar-refractivity contribution in [2.45, 2.75) is 26.7 Å². The Morgan fingerprint density at radius 2 is 1.95 bits per heavy atom. The molecular weight excluding hydrogens is 290 g/mol. The van der Waals surface area contributed by atoms with Crippen LogP contribution in [0.2, 0.25) is 5.02 Å². The molecule has 0 unspecified atom stereocenters. The van der Waals surface area contributed by atoms with Crippen molar-refractivity contribution in [2.24, 2.45) is 0 Å². The minimum Gasteiger partial charge on any atom is -0.421 e. The third-order valence-corrected chi connectivity index (χ3v) is 3.57. The molecule has 0 aliphatic heterocycles. The molecule has 21 heavy (non-hydrogen) atoms. The fraction of sp³-hybridized carbons (Fsp3) is 0.400. The number of carbonyl (C=O) groups is 1. The quantitative estimate of drug-likeness (QED) is 0.822. The molecule has 0 saturated carbocycles. The molecule has 112 valence electrons. The van der Waals surface area contributed by atoms with Crippen molar-refractivity contribution in [1.82, 2.24) is 15.1 Å². The zero-order chi connectivity index (χ0) is 15.2. The number of hydrogen-bond acceptors (Lipinski definition) is 4. The van der Waals surface area contributed by atoms with Gasteiger partial charge in [0, 0.05) is 25.9 Å². The predicted octanol–water partition coefficient (Wildman–Crippen LogP) is 3.19. The molecule has 5 nitrogen and oxygen atoms in total. The van der Waals surface area contributed by atoms with E-state index in [1.807, 2.05) is 32.0 Å². The molecule has 0 aliphatic carbocycles. The standard InChI is InChI=1S/C15H18ClN3O2/c1-3-19(4-2)14(20)10-9-13-17-18-15(21-13)11-7-5-6-8-12(11)16/h5-8H,3-4,9-10H2,1-2H3. The van der Waals surface area contributed by atoms with E-state index in [9.17, 15) is 4.79 Å². The maximum atomic E-state index is 11.9. The van der Waals surface area contributed by atoms with Crippen LogP contribution in [0.1, 0.15) is 26.2 Å². The van der Waals surface area contributed by atoms with Crippen LogP contribution >= 0.6 is 11.6 Å². The number of nitrogens with zero attached hydrogens (tertiary/aromatic N) is 3. The lowest BCUT2D eigenvalue weighted by Gasteiger charge is -2.17. The predicted molar refractivity (Wildman–Crippen MR) is 81.0 cm³/mol. The van der Waals surface area contributed by atoms with Crippen LogP contribution in [0.5, 0.6) is 0 Å². The van der Waals surface area contributed by atoms with E-state index in [0.29, 0.717) is 48.3 Å². The average molecular weight is 308 g/mol. The van der Waals surface area contributed by atoms with E-state index in [1.165, 1.54) is 0 Å². The Morgan fingerprint density at radius 1 is 1.24 bits per heavy atom. The van der Waals surface area contributed by atoms with E-state index in [-0.39, 0.29) is 5.91 Å². The van der Waals surface area contributed by atoms with Crippen molar-refractivity contribution in [3.8, 4) is 11.5 Å². The fourth-order valence-electron chi connectivity index (χ4n) is 2.05. The number of aryl methyl sites for hydroxylation is 1. The van der Waals surface area contributed by atoms with Crippen LogP contribution in [0.15, 0.2) is 28.7 Å². The van der Waals surface area contributed by atoms with Gasteiger partial charge in [-0.3, -0.25) is 4.79 Å². The first-order valence-corrected chi connectivity index (χ1v) is 7.38. The number of benzene rings is 1. The van der Waals surface area contributed by atoms with Crippen molar-refractivity contribution in [3.63, 3.8) is 0 Å². The Bertz CT molecular complexity index is 608. The van der Waals surface area contributed by atoms with Crippen molar-refractivity contribution < 1.29 is 9.21 Å². The van der Waals surface area contributed by atoms with E-state index in [2.05, 4.69) is 10.2 Å². The summed E-state index contributed by atoms with van der Waals surface area (Å²) >= 11 is 6.09. The third-order valence-electron chi connectivity index (χ3n) is 3.24. The van der Waals surface area contributed by atoms with Gasteiger partial charge in [-0.05, 0) is 26.0 Å². The van der Waals surface area contributed by atoms with Crippen LogP contribution in [0.4, 0.5) is 0 Å². The van der Waals surface area contributed by atoms with Crippen molar-refractivity contribution >= 4 is 17.5 Å². The SMILES string of the molecule is CCN(CC)C(=O)CCc1nnc(-c2ccccc2Cl)o1. The summed E-state index contributed by atoms with van der Waals surface area (Å²) < 4.78 is 5.57. The third kappa shape index (κ3) is 3.82. The molecule has 0 N–H and O–H groups in total. The largest absolute Gasteiger partial charge is 0.421 e. The van der Waals surface area contributed by atoms with Gasteiger partial charge < -0.3 is 9.32 Å². The van der Waals surface area contributed by atoms with Gasteiger partial charge in [0.2, 0.25) is 17.7 Å². The molecule has 1 aromatic heterocycles. The van der Waals surface area contributed by atoms with Crippen LogP contribution in [-0.2, 0) is 11.2 Å². The number of carbonyl (C=O) groups excluding carboxylic acids is 1. The van der Waals surface area contributed by atoms with Crippen LogP contribution in [0, 0.1) is 0 Å². The molecule has 1 aromatic carbocycles. The lowest BCUT2D eigenvalue weighted by molar-refractivity contribution is -0.130. The number of amides is 1. The topological polar surface area (TPSA) is 59.2 Å². The molecule has 0 radical (unpaired) electrons. The molecule has 0 saturated heterocycles. The summed E-state index contributed by atoms with van der Waals surface area (Å²) in [6.45, 7) is 5.35. The number of halogens is 1. The second-order valence-corrected chi connectivity index (χ2v) is 4.95. The summed E-state index contributed by atoms with van der Waals surface area (Å²) in [6, 6.07) is 7.28. The minimum absolute atomic E-state index is 0.0949. The van der Waals surface area contributed by atoms with Crippen LogP contribution < -0.4 is 0 Å². The van der Waals surface area contributed by atoms with E-state index >= 15 is 0 Å². The van der Waals surface area contributed by atoms with Gasteiger partial charge >= 0.3 is 0 Å². The van der Waals surface area contributed by atoms with Gasteiger partial charge in [-0.1, -0.05) is 23.7 Å². The Kier molecular flexibility index (Phi) is 5.33. The molecule has 6 heteroatoms. The van der Waals surface area contributed by atoms with Crippen molar-refractivity contribution in [1.29, 1.82) is 0 Å². The Balaban J connectivity index is 2.01. The van der Waals surface area contributed by atoms with Gasteiger partial charge in [-0.15, -0.1) is 10.2 Å². The highest BCUT2D eigenvalue weighted by Gasteiger charge is 2.14. The lowest BCUT2D eigenvalue weighted by Crippen LogP contribution is -2.30.